The third-order valence-corrected chi connectivity index (χ3v) is 3.31. The molecule has 0 saturated carbocycles. The van der Waals surface area contributed by atoms with E-state index in [0.29, 0.717) is 29.7 Å². The van der Waals surface area contributed by atoms with Crippen molar-refractivity contribution in [1.29, 1.82) is 0 Å². The fraction of sp³-hybridized carbons (Fsp3) is 0.353. The van der Waals surface area contributed by atoms with E-state index in [1.807, 2.05) is 45.0 Å². The van der Waals surface area contributed by atoms with Crippen molar-refractivity contribution in [1.82, 2.24) is 9.97 Å². The molecule has 1 heterocycles. The molecule has 0 fully saturated rings. The van der Waals surface area contributed by atoms with Gasteiger partial charge in [-0.3, -0.25) is 4.79 Å². The van der Waals surface area contributed by atoms with Crippen LogP contribution in [0.4, 0.5) is 5.69 Å². The van der Waals surface area contributed by atoms with E-state index in [4.69, 9.17) is 9.47 Å². The molecular formula is C17H21N3O3. The number of aryl methyl sites for hydroxylation is 2. The van der Waals surface area contributed by atoms with Crippen LogP contribution in [0.1, 0.15) is 23.9 Å². The van der Waals surface area contributed by atoms with E-state index in [1.54, 1.807) is 7.11 Å². The van der Waals surface area contributed by atoms with E-state index in [2.05, 4.69) is 15.3 Å². The number of aromatic nitrogens is 2. The van der Waals surface area contributed by atoms with E-state index in [1.165, 1.54) is 0 Å². The summed E-state index contributed by atoms with van der Waals surface area (Å²) in [5.74, 6) is 0.648. The number of nitrogens with zero attached hydrogens (tertiary/aromatic N) is 2. The van der Waals surface area contributed by atoms with Gasteiger partial charge in [-0.2, -0.15) is 9.97 Å². The van der Waals surface area contributed by atoms with E-state index < -0.39 is 0 Å². The number of rotatable bonds is 6. The largest absolute Gasteiger partial charge is 0.497 e. The zero-order valence-electron chi connectivity index (χ0n) is 13.8. The van der Waals surface area contributed by atoms with Crippen molar-refractivity contribution in [2.45, 2.75) is 27.2 Å². The minimum Gasteiger partial charge on any atom is -0.497 e. The Balaban J connectivity index is 2.07. The van der Waals surface area contributed by atoms with Crippen LogP contribution in [-0.2, 0) is 11.2 Å². The van der Waals surface area contributed by atoms with Gasteiger partial charge in [-0.1, -0.05) is 12.1 Å². The van der Waals surface area contributed by atoms with Crippen LogP contribution in [0.2, 0.25) is 0 Å². The summed E-state index contributed by atoms with van der Waals surface area (Å²) < 4.78 is 10.4. The maximum absolute atomic E-state index is 12.2. The molecule has 0 saturated heterocycles. The first-order valence-corrected chi connectivity index (χ1v) is 7.44. The van der Waals surface area contributed by atoms with Crippen LogP contribution in [0.5, 0.6) is 11.8 Å². The molecule has 0 aliphatic rings. The van der Waals surface area contributed by atoms with Crippen LogP contribution in [0.25, 0.3) is 0 Å². The fourth-order valence-corrected chi connectivity index (χ4v) is 2.17. The molecule has 1 aromatic carbocycles. The fourth-order valence-electron chi connectivity index (χ4n) is 2.17. The number of ether oxygens (including phenoxy) is 2. The highest BCUT2D eigenvalue weighted by Gasteiger charge is 2.12. The smallest absolute Gasteiger partial charge is 0.316 e. The minimum absolute atomic E-state index is 0.117. The van der Waals surface area contributed by atoms with Gasteiger partial charge in [0.15, 0.2) is 0 Å². The lowest BCUT2D eigenvalue weighted by Gasteiger charge is -2.12. The first kappa shape index (κ1) is 16.7. The number of amides is 1. The predicted octanol–water partition coefficient (Wildman–Crippen LogP) is 2.68. The van der Waals surface area contributed by atoms with Crippen molar-refractivity contribution >= 4 is 11.6 Å². The van der Waals surface area contributed by atoms with Crippen LogP contribution < -0.4 is 14.8 Å². The molecule has 2 rings (SSSR count). The molecule has 1 N–H and O–H groups in total. The lowest BCUT2D eigenvalue weighted by atomic mass is 10.1. The number of hydrogen-bond acceptors (Lipinski definition) is 5. The molecular weight excluding hydrogens is 294 g/mol. The molecule has 2 aromatic rings. The number of nitrogens with one attached hydrogen (secondary N) is 1. The minimum atomic E-state index is -0.117. The molecule has 1 aromatic heterocycles. The van der Waals surface area contributed by atoms with Crippen LogP contribution in [0, 0.1) is 13.8 Å². The van der Waals surface area contributed by atoms with E-state index in [-0.39, 0.29) is 12.3 Å². The Hall–Kier alpha value is -2.63. The molecule has 6 heteroatoms. The van der Waals surface area contributed by atoms with E-state index in [9.17, 15) is 4.79 Å². The third kappa shape index (κ3) is 4.42. The zero-order chi connectivity index (χ0) is 16.8. The Morgan fingerprint density at radius 3 is 2.26 bits per heavy atom. The third-order valence-electron chi connectivity index (χ3n) is 3.31. The van der Waals surface area contributed by atoms with Crippen LogP contribution in [-0.4, -0.2) is 29.6 Å². The average molecular weight is 315 g/mol. The SMILES string of the molecule is CCOc1nc(C)c(NC(=O)Cc2ccc(OC)cc2)c(C)n1. The van der Waals surface area contributed by atoms with Crippen LogP contribution in [0.15, 0.2) is 24.3 Å². The predicted molar refractivity (Wildman–Crippen MR) is 88.0 cm³/mol. The van der Waals surface area contributed by atoms with Crippen molar-refractivity contribution < 1.29 is 14.3 Å². The van der Waals surface area contributed by atoms with Gasteiger partial charge in [0.05, 0.1) is 37.2 Å². The number of anilines is 1. The summed E-state index contributed by atoms with van der Waals surface area (Å²) >= 11 is 0. The monoisotopic (exact) mass is 315 g/mol. The Morgan fingerprint density at radius 1 is 1.13 bits per heavy atom. The zero-order valence-corrected chi connectivity index (χ0v) is 13.8. The van der Waals surface area contributed by atoms with Gasteiger partial charge in [0, 0.05) is 0 Å². The highest BCUT2D eigenvalue weighted by molar-refractivity contribution is 5.93. The number of hydrogen-bond donors (Lipinski definition) is 1. The van der Waals surface area contributed by atoms with Crippen molar-refractivity contribution in [3.8, 4) is 11.8 Å². The van der Waals surface area contributed by atoms with Gasteiger partial charge < -0.3 is 14.8 Å². The van der Waals surface area contributed by atoms with Crippen molar-refractivity contribution in [3.63, 3.8) is 0 Å². The second-order valence-corrected chi connectivity index (χ2v) is 5.06. The van der Waals surface area contributed by atoms with E-state index in [0.717, 1.165) is 11.3 Å². The molecule has 0 bridgehead atoms. The summed E-state index contributed by atoms with van der Waals surface area (Å²) in [5, 5.41) is 2.87. The van der Waals surface area contributed by atoms with Gasteiger partial charge >= 0.3 is 6.01 Å². The Kier molecular flexibility index (Phi) is 5.51. The van der Waals surface area contributed by atoms with E-state index >= 15 is 0 Å². The number of carbonyl (C=O) groups is 1. The second kappa shape index (κ2) is 7.58. The number of benzene rings is 1. The van der Waals surface area contributed by atoms with Crippen LogP contribution in [0.3, 0.4) is 0 Å². The Bertz CT molecular complexity index is 661. The number of methoxy groups -OCH3 is 1. The molecule has 0 atom stereocenters. The molecule has 6 nitrogen and oxygen atoms in total. The lowest BCUT2D eigenvalue weighted by molar-refractivity contribution is -0.115. The summed E-state index contributed by atoms with van der Waals surface area (Å²) in [6.45, 7) is 6.01. The second-order valence-electron chi connectivity index (χ2n) is 5.06. The first-order valence-electron chi connectivity index (χ1n) is 7.44. The summed E-state index contributed by atoms with van der Waals surface area (Å²) in [6.07, 6.45) is 0.274. The molecule has 1 amide bonds. The van der Waals surface area contributed by atoms with Crippen molar-refractivity contribution in [2.24, 2.45) is 0 Å². The molecule has 122 valence electrons. The highest BCUT2D eigenvalue weighted by Crippen LogP contribution is 2.20. The Labute approximate surface area is 135 Å². The van der Waals surface area contributed by atoms with Crippen molar-refractivity contribution in [3.05, 3.63) is 41.2 Å². The molecule has 0 radical (unpaired) electrons. The molecule has 0 unspecified atom stereocenters. The van der Waals surface area contributed by atoms with Crippen LogP contribution >= 0.6 is 0 Å². The maximum atomic E-state index is 12.2. The van der Waals surface area contributed by atoms with Gasteiger partial charge in [-0.05, 0) is 38.5 Å². The molecule has 0 aliphatic heterocycles. The van der Waals surface area contributed by atoms with Crippen molar-refractivity contribution in [2.75, 3.05) is 19.0 Å². The Morgan fingerprint density at radius 2 is 1.74 bits per heavy atom. The van der Waals surface area contributed by atoms with Gasteiger partial charge in [0.1, 0.15) is 5.75 Å². The maximum Gasteiger partial charge on any atom is 0.316 e. The molecule has 0 spiro atoms. The normalized spacial score (nSPS) is 10.3. The topological polar surface area (TPSA) is 73.3 Å². The van der Waals surface area contributed by atoms with Gasteiger partial charge in [0.25, 0.3) is 0 Å². The first-order chi connectivity index (χ1) is 11.0. The molecule has 0 aliphatic carbocycles. The standard InChI is InChI=1S/C17H21N3O3/c1-5-23-17-18-11(2)16(12(3)19-17)20-15(21)10-13-6-8-14(22-4)9-7-13/h6-9H,5,10H2,1-4H3,(H,20,21). The highest BCUT2D eigenvalue weighted by atomic mass is 16.5. The summed E-state index contributed by atoms with van der Waals surface area (Å²) in [6, 6.07) is 7.73. The quantitative estimate of drug-likeness (QED) is 0.887. The number of carbonyl (C=O) groups excluding carboxylic acids is 1. The summed E-state index contributed by atoms with van der Waals surface area (Å²) in [7, 11) is 1.61. The average Bonchev–Trinajstić information content (AvgIpc) is 2.52. The summed E-state index contributed by atoms with van der Waals surface area (Å²) in [4.78, 5) is 20.7. The van der Waals surface area contributed by atoms with Gasteiger partial charge in [-0.15, -0.1) is 0 Å². The lowest BCUT2D eigenvalue weighted by Crippen LogP contribution is -2.17. The molecule has 23 heavy (non-hydrogen) atoms. The summed E-state index contributed by atoms with van der Waals surface area (Å²) in [5.41, 5.74) is 2.91. The van der Waals surface area contributed by atoms with Gasteiger partial charge in [-0.25, -0.2) is 0 Å². The van der Waals surface area contributed by atoms with Gasteiger partial charge in [0.2, 0.25) is 5.91 Å².